The Kier molecular flexibility index (Phi) is 4.80. The molecule has 1 aromatic rings. The van der Waals surface area contributed by atoms with Crippen LogP contribution in [0.15, 0.2) is 28.7 Å². The van der Waals surface area contributed by atoms with Gasteiger partial charge in [0.15, 0.2) is 0 Å². The van der Waals surface area contributed by atoms with Crippen LogP contribution < -0.4 is 4.90 Å². The van der Waals surface area contributed by atoms with Crippen LogP contribution in [0.25, 0.3) is 0 Å². The number of terminal acetylenes is 1. The van der Waals surface area contributed by atoms with Gasteiger partial charge in [0.25, 0.3) is 0 Å². The number of amides is 1. The number of carbonyl (C=O) groups is 1. The van der Waals surface area contributed by atoms with Crippen LogP contribution in [-0.2, 0) is 4.74 Å². The van der Waals surface area contributed by atoms with Gasteiger partial charge >= 0.3 is 6.09 Å². The normalized spacial score (nSPS) is 10.6. The summed E-state index contributed by atoms with van der Waals surface area (Å²) in [6, 6.07) is 7.37. The van der Waals surface area contributed by atoms with Crippen molar-refractivity contribution in [3.63, 3.8) is 0 Å². The minimum atomic E-state index is -0.550. The third-order valence-electron chi connectivity index (χ3n) is 2.01. The van der Waals surface area contributed by atoms with Crippen LogP contribution in [0.3, 0.4) is 0 Å². The fraction of sp³-hybridized carbons (Fsp3) is 0.357. The van der Waals surface area contributed by atoms with Gasteiger partial charge in [-0.2, -0.15) is 0 Å². The van der Waals surface area contributed by atoms with Crippen LogP contribution in [-0.4, -0.2) is 18.2 Å². The van der Waals surface area contributed by atoms with Crippen molar-refractivity contribution in [1.29, 1.82) is 0 Å². The van der Waals surface area contributed by atoms with Crippen molar-refractivity contribution < 1.29 is 9.53 Å². The van der Waals surface area contributed by atoms with Crippen LogP contribution in [0.4, 0.5) is 10.5 Å². The van der Waals surface area contributed by atoms with E-state index >= 15 is 0 Å². The molecule has 0 fully saturated rings. The van der Waals surface area contributed by atoms with Crippen molar-refractivity contribution in [2.75, 3.05) is 11.4 Å². The first-order valence-electron chi connectivity index (χ1n) is 5.53. The summed E-state index contributed by atoms with van der Waals surface area (Å²) in [4.78, 5) is 13.5. The first-order valence-corrected chi connectivity index (χ1v) is 6.33. The predicted octanol–water partition coefficient (Wildman–Crippen LogP) is 3.82. The molecule has 0 aliphatic heterocycles. The van der Waals surface area contributed by atoms with Crippen molar-refractivity contribution >= 4 is 27.7 Å². The van der Waals surface area contributed by atoms with Gasteiger partial charge in [0.1, 0.15) is 5.60 Å². The molecule has 18 heavy (non-hydrogen) atoms. The highest BCUT2D eigenvalue weighted by Gasteiger charge is 2.23. The summed E-state index contributed by atoms with van der Waals surface area (Å²) in [5.41, 5.74) is 0.148. The highest BCUT2D eigenvalue weighted by Crippen LogP contribution is 2.26. The minimum absolute atomic E-state index is 0.164. The van der Waals surface area contributed by atoms with Crippen LogP contribution in [0, 0.1) is 12.3 Å². The summed E-state index contributed by atoms with van der Waals surface area (Å²) in [5, 5.41) is 0. The molecule has 0 aromatic heterocycles. The summed E-state index contributed by atoms with van der Waals surface area (Å²) < 4.78 is 6.13. The third kappa shape index (κ3) is 4.08. The van der Waals surface area contributed by atoms with Gasteiger partial charge in [0.05, 0.1) is 12.2 Å². The number of benzene rings is 1. The Morgan fingerprint density at radius 3 is 2.56 bits per heavy atom. The summed E-state index contributed by atoms with van der Waals surface area (Å²) >= 11 is 3.40. The zero-order chi connectivity index (χ0) is 13.8. The maximum atomic E-state index is 12.1. The second kappa shape index (κ2) is 5.92. The second-order valence-corrected chi connectivity index (χ2v) is 5.58. The van der Waals surface area contributed by atoms with Gasteiger partial charge in [0.2, 0.25) is 0 Å². The van der Waals surface area contributed by atoms with E-state index in [-0.39, 0.29) is 6.54 Å². The van der Waals surface area contributed by atoms with Gasteiger partial charge in [-0.05, 0) is 48.8 Å². The molecule has 0 aliphatic rings. The molecule has 0 aliphatic carbocycles. The number of hydrogen-bond acceptors (Lipinski definition) is 2. The lowest BCUT2D eigenvalue weighted by Gasteiger charge is -2.26. The Morgan fingerprint density at radius 2 is 2.06 bits per heavy atom. The Bertz CT molecular complexity index is 471. The van der Waals surface area contributed by atoms with Gasteiger partial charge < -0.3 is 4.74 Å². The van der Waals surface area contributed by atoms with Crippen LogP contribution in [0.1, 0.15) is 20.8 Å². The molecule has 4 heteroatoms. The largest absolute Gasteiger partial charge is 0.443 e. The first kappa shape index (κ1) is 14.6. The van der Waals surface area contributed by atoms with E-state index in [4.69, 9.17) is 11.2 Å². The Labute approximate surface area is 116 Å². The summed E-state index contributed by atoms with van der Waals surface area (Å²) in [5.74, 6) is 2.46. The molecule has 96 valence electrons. The maximum absolute atomic E-state index is 12.1. The lowest BCUT2D eigenvalue weighted by atomic mass is 10.2. The molecule has 1 aromatic carbocycles. The van der Waals surface area contributed by atoms with Gasteiger partial charge in [-0.25, -0.2) is 4.79 Å². The van der Waals surface area contributed by atoms with Crippen molar-refractivity contribution in [2.45, 2.75) is 26.4 Å². The summed E-state index contributed by atoms with van der Waals surface area (Å²) in [6.45, 7) is 5.62. The number of anilines is 1. The fourth-order valence-electron chi connectivity index (χ4n) is 1.33. The molecular weight excluding hydrogens is 294 g/mol. The SMILES string of the molecule is C#CCN(C(=O)OC(C)(C)C)c1ccccc1Br. The third-order valence-corrected chi connectivity index (χ3v) is 2.68. The Balaban J connectivity index is 3.01. The van der Waals surface area contributed by atoms with Gasteiger partial charge in [-0.15, -0.1) is 6.42 Å². The van der Waals surface area contributed by atoms with Crippen molar-refractivity contribution in [3.8, 4) is 12.3 Å². The maximum Gasteiger partial charge on any atom is 0.415 e. The molecule has 0 atom stereocenters. The number of hydrogen-bond donors (Lipinski definition) is 0. The second-order valence-electron chi connectivity index (χ2n) is 4.72. The van der Waals surface area contributed by atoms with E-state index in [1.54, 1.807) is 0 Å². The highest BCUT2D eigenvalue weighted by molar-refractivity contribution is 9.10. The van der Waals surface area contributed by atoms with E-state index in [1.165, 1.54) is 4.90 Å². The molecule has 0 heterocycles. The van der Waals surface area contributed by atoms with E-state index in [9.17, 15) is 4.79 Å². The predicted molar refractivity (Wildman–Crippen MR) is 76.6 cm³/mol. The number of halogens is 1. The lowest BCUT2D eigenvalue weighted by Crippen LogP contribution is -2.37. The molecule has 0 spiro atoms. The van der Waals surface area contributed by atoms with Crippen LogP contribution in [0.2, 0.25) is 0 Å². The fourth-order valence-corrected chi connectivity index (χ4v) is 1.83. The molecule has 0 bridgehead atoms. The minimum Gasteiger partial charge on any atom is -0.443 e. The molecule has 1 rings (SSSR count). The van der Waals surface area contributed by atoms with E-state index in [2.05, 4.69) is 21.9 Å². The van der Waals surface area contributed by atoms with Gasteiger partial charge in [-0.1, -0.05) is 18.1 Å². The summed E-state index contributed by atoms with van der Waals surface area (Å²) in [6.07, 6.45) is 4.85. The van der Waals surface area contributed by atoms with Crippen LogP contribution >= 0.6 is 15.9 Å². The molecule has 3 nitrogen and oxygen atoms in total. The van der Waals surface area contributed by atoms with E-state index in [0.717, 1.165) is 4.47 Å². The number of ether oxygens (including phenoxy) is 1. The van der Waals surface area contributed by atoms with E-state index in [1.807, 2.05) is 45.0 Å². The molecule has 0 radical (unpaired) electrons. The standard InChI is InChI=1S/C14H16BrNO2/c1-5-10-16(13(17)18-14(2,3)4)12-9-7-6-8-11(12)15/h1,6-9H,10H2,2-4H3. The average Bonchev–Trinajstić information content (AvgIpc) is 2.24. The Hall–Kier alpha value is -1.47. The van der Waals surface area contributed by atoms with Gasteiger partial charge in [-0.3, -0.25) is 4.90 Å². The molecule has 0 unspecified atom stereocenters. The highest BCUT2D eigenvalue weighted by atomic mass is 79.9. The smallest absolute Gasteiger partial charge is 0.415 e. The molecule has 0 saturated heterocycles. The number of nitrogens with zero attached hydrogens (tertiary/aromatic N) is 1. The lowest BCUT2D eigenvalue weighted by molar-refractivity contribution is 0.0585. The topological polar surface area (TPSA) is 29.5 Å². The van der Waals surface area contributed by atoms with Gasteiger partial charge in [0, 0.05) is 4.47 Å². The van der Waals surface area contributed by atoms with Crippen molar-refractivity contribution in [1.82, 2.24) is 0 Å². The molecule has 1 amide bonds. The monoisotopic (exact) mass is 309 g/mol. The number of para-hydroxylation sites is 1. The molecule has 0 N–H and O–H groups in total. The zero-order valence-corrected chi connectivity index (χ0v) is 12.3. The number of carbonyl (C=O) groups excluding carboxylic acids is 1. The quantitative estimate of drug-likeness (QED) is 0.777. The average molecular weight is 310 g/mol. The first-order chi connectivity index (χ1) is 8.35. The molecule has 0 saturated carbocycles. The zero-order valence-electron chi connectivity index (χ0n) is 10.7. The van der Waals surface area contributed by atoms with Crippen molar-refractivity contribution in [2.24, 2.45) is 0 Å². The number of rotatable bonds is 2. The van der Waals surface area contributed by atoms with Crippen LogP contribution in [0.5, 0.6) is 0 Å². The Morgan fingerprint density at radius 1 is 1.44 bits per heavy atom. The van der Waals surface area contributed by atoms with E-state index in [0.29, 0.717) is 5.69 Å². The summed E-state index contributed by atoms with van der Waals surface area (Å²) in [7, 11) is 0. The molecular formula is C14H16BrNO2. The van der Waals surface area contributed by atoms with E-state index < -0.39 is 11.7 Å². The van der Waals surface area contributed by atoms with Crippen molar-refractivity contribution in [3.05, 3.63) is 28.7 Å².